The molecule has 4 atom stereocenters. The fourth-order valence-electron chi connectivity index (χ4n) is 1.69. The molecule has 1 heterocycles. The van der Waals surface area contributed by atoms with E-state index in [-0.39, 0.29) is 6.04 Å². The monoisotopic (exact) mass is 203 g/mol. The van der Waals surface area contributed by atoms with Gasteiger partial charge in [-0.2, -0.15) is 0 Å². The zero-order valence-electron chi connectivity index (χ0n) is 9.05. The molecule has 13 heavy (non-hydrogen) atoms. The van der Waals surface area contributed by atoms with Crippen molar-refractivity contribution in [3.63, 3.8) is 0 Å². The Morgan fingerprint density at radius 1 is 1.62 bits per heavy atom. The highest BCUT2D eigenvalue weighted by molar-refractivity contribution is 7.17. The van der Waals surface area contributed by atoms with Gasteiger partial charge in [0.05, 0.1) is 5.57 Å². The minimum absolute atomic E-state index is 0.273. The first-order chi connectivity index (χ1) is 5.92. The van der Waals surface area contributed by atoms with Gasteiger partial charge in [0, 0.05) is 12.6 Å². The van der Waals surface area contributed by atoms with Crippen molar-refractivity contribution in [1.29, 1.82) is 0 Å². The molecule has 4 unspecified atom stereocenters. The Morgan fingerprint density at radius 3 is 2.23 bits per heavy atom. The molecule has 0 amide bonds. The second kappa shape index (κ2) is 5.31. The van der Waals surface area contributed by atoms with Crippen LogP contribution in [0.1, 0.15) is 27.2 Å². The van der Waals surface area contributed by atoms with E-state index >= 15 is 0 Å². The number of likely N-dealkylation sites (tertiary alicyclic amines) is 1. The molecule has 1 aliphatic heterocycles. The van der Waals surface area contributed by atoms with Crippen molar-refractivity contribution in [3.05, 3.63) is 0 Å². The lowest BCUT2D eigenvalue weighted by molar-refractivity contribution is 0.268. The number of nitrogens with zero attached hydrogens (tertiary/aromatic N) is 1. The molecule has 1 fully saturated rings. The van der Waals surface area contributed by atoms with Gasteiger partial charge < -0.3 is 4.90 Å². The average Bonchev–Trinajstić information content (AvgIpc) is 2.29. The number of alkyl halides is 1. The molecule has 1 aliphatic rings. The highest BCUT2D eigenvalue weighted by atomic mass is 31.0. The predicted molar refractivity (Wildman–Crippen MR) is 61.1 cm³/mol. The van der Waals surface area contributed by atoms with E-state index in [9.17, 15) is 4.39 Å². The van der Waals surface area contributed by atoms with Gasteiger partial charge in [0.1, 0.15) is 7.85 Å². The van der Waals surface area contributed by atoms with Crippen LogP contribution in [0.5, 0.6) is 0 Å². The zero-order valence-corrected chi connectivity index (χ0v) is 10.2. The van der Waals surface area contributed by atoms with Crippen molar-refractivity contribution in [2.75, 3.05) is 13.6 Å². The van der Waals surface area contributed by atoms with Gasteiger partial charge in [0.25, 0.3) is 0 Å². The van der Waals surface area contributed by atoms with E-state index < -0.39 is 5.57 Å². The summed E-state index contributed by atoms with van der Waals surface area (Å²) in [6.45, 7) is 6.42. The third kappa shape index (κ3) is 3.95. The van der Waals surface area contributed by atoms with Crippen LogP contribution < -0.4 is 0 Å². The first kappa shape index (κ1) is 13.4. The van der Waals surface area contributed by atoms with Gasteiger partial charge >= 0.3 is 0 Å². The molecule has 0 N–H and O–H groups in total. The van der Waals surface area contributed by atoms with E-state index in [1.54, 1.807) is 0 Å². The van der Waals surface area contributed by atoms with Gasteiger partial charge in [-0.3, -0.25) is 4.39 Å². The van der Waals surface area contributed by atoms with Crippen LogP contribution in [-0.2, 0) is 0 Å². The summed E-state index contributed by atoms with van der Waals surface area (Å²) in [7, 11) is 9.99. The molecular weight excluding hydrogens is 183 g/mol. The molecule has 0 aromatic heterocycles. The number of hydrogen-bond donors (Lipinski definition) is 0. The summed E-state index contributed by atoms with van der Waals surface area (Å²) in [4.78, 5) is 1.98. The normalized spacial score (nSPS) is 36.6. The standard InChI is InChI=1S/C7H14BFNP.C2H6/c1-5(11)6-3-7(8,9)4-10(6)2;1-2/h5-6H,3-4,11H2,1-2H3;1-2H3. The fourth-order valence-corrected chi connectivity index (χ4v) is 2.12. The quantitative estimate of drug-likeness (QED) is 0.464. The Kier molecular flexibility index (Phi) is 5.47. The molecule has 76 valence electrons. The molecule has 1 nitrogen and oxygen atoms in total. The first-order valence-corrected chi connectivity index (χ1v) is 5.53. The second-order valence-electron chi connectivity index (χ2n) is 3.58. The van der Waals surface area contributed by atoms with Gasteiger partial charge in [0.2, 0.25) is 0 Å². The molecule has 1 saturated heterocycles. The van der Waals surface area contributed by atoms with Gasteiger partial charge in [-0.15, -0.1) is 9.24 Å². The van der Waals surface area contributed by atoms with Crippen molar-refractivity contribution in [1.82, 2.24) is 4.90 Å². The van der Waals surface area contributed by atoms with Crippen molar-refractivity contribution in [2.24, 2.45) is 0 Å². The lowest BCUT2D eigenvalue weighted by atomic mass is 9.81. The van der Waals surface area contributed by atoms with Crippen LogP contribution in [-0.4, -0.2) is 43.6 Å². The third-order valence-electron chi connectivity index (χ3n) is 2.23. The second-order valence-corrected chi connectivity index (χ2v) is 4.63. The molecule has 0 aromatic rings. The van der Waals surface area contributed by atoms with Gasteiger partial charge in [-0.25, -0.2) is 0 Å². The summed E-state index contributed by atoms with van der Waals surface area (Å²) >= 11 is 0. The minimum Gasteiger partial charge on any atom is -0.300 e. The molecule has 1 rings (SSSR count). The SMILES string of the molecule is CC.[B]C1(F)CC(C(C)P)N(C)C1. The topological polar surface area (TPSA) is 3.24 Å². The van der Waals surface area contributed by atoms with Gasteiger partial charge in [-0.05, 0) is 19.1 Å². The van der Waals surface area contributed by atoms with E-state index in [1.165, 1.54) is 0 Å². The maximum Gasteiger partial charge on any atom is 0.123 e. The van der Waals surface area contributed by atoms with Crippen LogP contribution in [0.3, 0.4) is 0 Å². The molecule has 0 aliphatic carbocycles. The van der Waals surface area contributed by atoms with Gasteiger partial charge in [0.15, 0.2) is 0 Å². The number of rotatable bonds is 1. The summed E-state index contributed by atoms with van der Waals surface area (Å²) in [5, 5.41) is 0. The van der Waals surface area contributed by atoms with Gasteiger partial charge in [-0.1, -0.05) is 20.8 Å². The molecule has 0 bridgehead atoms. The maximum absolute atomic E-state index is 13.2. The smallest absolute Gasteiger partial charge is 0.123 e. The fraction of sp³-hybridized carbons (Fsp3) is 1.00. The number of hydrogen-bond acceptors (Lipinski definition) is 1. The van der Waals surface area contributed by atoms with E-state index in [2.05, 4.69) is 16.2 Å². The van der Waals surface area contributed by atoms with E-state index in [0.29, 0.717) is 18.6 Å². The zero-order chi connectivity index (χ0) is 10.6. The van der Waals surface area contributed by atoms with Crippen LogP contribution in [0.15, 0.2) is 0 Å². The van der Waals surface area contributed by atoms with E-state index in [0.717, 1.165) is 0 Å². The van der Waals surface area contributed by atoms with Crippen molar-refractivity contribution in [3.8, 4) is 0 Å². The summed E-state index contributed by atoms with van der Waals surface area (Å²) in [5.74, 6) is 0. The predicted octanol–water partition coefficient (Wildman–Crippen LogP) is 1.81. The van der Waals surface area contributed by atoms with E-state index in [4.69, 9.17) is 7.85 Å². The maximum atomic E-state index is 13.2. The summed E-state index contributed by atoms with van der Waals surface area (Å²) < 4.78 is 13.2. The highest BCUT2D eigenvalue weighted by Crippen LogP contribution is 2.30. The van der Waals surface area contributed by atoms with Crippen LogP contribution in [0, 0.1) is 0 Å². The van der Waals surface area contributed by atoms with Crippen LogP contribution in [0.4, 0.5) is 4.39 Å². The Balaban J connectivity index is 0.000000671. The van der Waals surface area contributed by atoms with Crippen LogP contribution in [0.2, 0.25) is 0 Å². The molecule has 0 spiro atoms. The largest absolute Gasteiger partial charge is 0.300 e. The molecule has 0 saturated carbocycles. The van der Waals surface area contributed by atoms with Crippen LogP contribution in [0.25, 0.3) is 0 Å². The lowest BCUT2D eigenvalue weighted by Crippen LogP contribution is -2.31. The minimum atomic E-state index is -1.47. The average molecular weight is 203 g/mol. The summed E-state index contributed by atoms with van der Waals surface area (Å²) in [6, 6.07) is 0.273. The summed E-state index contributed by atoms with van der Waals surface area (Å²) in [6.07, 6.45) is 0.453. The van der Waals surface area contributed by atoms with E-state index in [1.807, 2.05) is 25.8 Å². The highest BCUT2D eigenvalue weighted by Gasteiger charge is 2.39. The Hall–Kier alpha value is 0.385. The molecular formula is C9H20BFNP. The first-order valence-electron chi connectivity index (χ1n) is 4.86. The van der Waals surface area contributed by atoms with Crippen molar-refractivity contribution >= 4 is 17.1 Å². The summed E-state index contributed by atoms with van der Waals surface area (Å²) in [5.41, 5.74) is -1.06. The Labute approximate surface area is 85.1 Å². The molecule has 4 heteroatoms. The molecule has 0 aromatic carbocycles. The molecule has 2 radical (unpaired) electrons. The number of halogens is 1. The lowest BCUT2D eigenvalue weighted by Gasteiger charge is -2.21. The van der Waals surface area contributed by atoms with Crippen LogP contribution >= 0.6 is 9.24 Å². The van der Waals surface area contributed by atoms with Crippen molar-refractivity contribution < 1.29 is 4.39 Å². The third-order valence-corrected chi connectivity index (χ3v) is 2.68. The Morgan fingerprint density at radius 2 is 2.08 bits per heavy atom. The van der Waals surface area contributed by atoms with Crippen molar-refractivity contribution in [2.45, 2.75) is 44.5 Å². The Bertz CT molecular complexity index is 153.